The van der Waals surface area contributed by atoms with Crippen LogP contribution in [-0.2, 0) is 17.6 Å². The SMILES string of the molecule is CC(C)C(=O)Nc1ccc(CCc2nc3ccccc3[nH]2)cc1. The van der Waals surface area contributed by atoms with Gasteiger partial charge in [0.25, 0.3) is 0 Å². The van der Waals surface area contributed by atoms with Crippen LogP contribution in [0.3, 0.4) is 0 Å². The summed E-state index contributed by atoms with van der Waals surface area (Å²) in [5.41, 5.74) is 4.16. The molecule has 0 fully saturated rings. The highest BCUT2D eigenvalue weighted by atomic mass is 16.1. The van der Waals surface area contributed by atoms with Gasteiger partial charge in [-0.3, -0.25) is 4.79 Å². The molecule has 0 bridgehead atoms. The van der Waals surface area contributed by atoms with Crippen molar-refractivity contribution in [2.75, 3.05) is 5.32 Å². The number of benzene rings is 2. The molecule has 2 N–H and O–H groups in total. The van der Waals surface area contributed by atoms with Crippen molar-refractivity contribution in [3.8, 4) is 0 Å². The van der Waals surface area contributed by atoms with Gasteiger partial charge in [0.1, 0.15) is 5.82 Å². The number of hydrogen-bond acceptors (Lipinski definition) is 2. The Morgan fingerprint density at radius 2 is 1.83 bits per heavy atom. The number of fused-ring (bicyclic) bond motifs is 1. The third-order valence-electron chi connectivity index (χ3n) is 3.83. The van der Waals surface area contributed by atoms with Crippen LogP contribution < -0.4 is 5.32 Å². The second-order valence-corrected chi connectivity index (χ2v) is 6.04. The summed E-state index contributed by atoms with van der Waals surface area (Å²) in [6, 6.07) is 16.1. The Morgan fingerprint density at radius 1 is 1.09 bits per heavy atom. The maximum absolute atomic E-state index is 11.7. The standard InChI is InChI=1S/C19H21N3O/c1-13(2)19(23)20-15-10-7-14(8-11-15)9-12-18-21-16-5-3-4-6-17(16)22-18/h3-8,10-11,13H,9,12H2,1-2H3,(H,20,23)(H,21,22). The summed E-state index contributed by atoms with van der Waals surface area (Å²) in [5, 5.41) is 2.90. The number of nitrogens with one attached hydrogen (secondary N) is 2. The number of aromatic amines is 1. The van der Waals surface area contributed by atoms with Crippen molar-refractivity contribution in [1.29, 1.82) is 0 Å². The summed E-state index contributed by atoms with van der Waals surface area (Å²) in [7, 11) is 0. The normalized spacial score (nSPS) is 11.1. The number of para-hydroxylation sites is 2. The van der Waals surface area contributed by atoms with E-state index in [1.54, 1.807) is 0 Å². The highest BCUT2D eigenvalue weighted by Crippen LogP contribution is 2.14. The molecule has 4 heteroatoms. The Kier molecular flexibility index (Phi) is 4.42. The number of amides is 1. The van der Waals surface area contributed by atoms with Crippen LogP contribution >= 0.6 is 0 Å². The van der Waals surface area contributed by atoms with Crippen LogP contribution in [0.15, 0.2) is 48.5 Å². The smallest absolute Gasteiger partial charge is 0.226 e. The third-order valence-corrected chi connectivity index (χ3v) is 3.83. The molecule has 0 radical (unpaired) electrons. The van der Waals surface area contributed by atoms with Gasteiger partial charge in [-0.1, -0.05) is 38.1 Å². The van der Waals surface area contributed by atoms with Crippen LogP contribution in [0.2, 0.25) is 0 Å². The quantitative estimate of drug-likeness (QED) is 0.750. The van der Waals surface area contributed by atoms with Crippen molar-refractivity contribution in [2.45, 2.75) is 26.7 Å². The maximum Gasteiger partial charge on any atom is 0.226 e. The third kappa shape index (κ3) is 3.77. The molecule has 3 rings (SSSR count). The Balaban J connectivity index is 1.61. The van der Waals surface area contributed by atoms with Crippen LogP contribution in [0.5, 0.6) is 0 Å². The van der Waals surface area contributed by atoms with Gasteiger partial charge in [-0.25, -0.2) is 4.98 Å². The van der Waals surface area contributed by atoms with Gasteiger partial charge >= 0.3 is 0 Å². The van der Waals surface area contributed by atoms with E-state index in [1.165, 1.54) is 5.56 Å². The first kappa shape index (κ1) is 15.3. The van der Waals surface area contributed by atoms with Crippen molar-refractivity contribution in [3.05, 3.63) is 59.9 Å². The van der Waals surface area contributed by atoms with E-state index in [2.05, 4.69) is 27.4 Å². The molecule has 4 nitrogen and oxygen atoms in total. The highest BCUT2D eigenvalue weighted by Gasteiger charge is 2.07. The van der Waals surface area contributed by atoms with E-state index in [4.69, 9.17) is 0 Å². The molecule has 1 heterocycles. The Bertz CT molecular complexity index is 770. The van der Waals surface area contributed by atoms with Gasteiger partial charge in [0.15, 0.2) is 0 Å². The molecular weight excluding hydrogens is 286 g/mol. The second-order valence-electron chi connectivity index (χ2n) is 6.04. The van der Waals surface area contributed by atoms with Crippen LogP contribution in [-0.4, -0.2) is 15.9 Å². The molecule has 0 spiro atoms. The lowest BCUT2D eigenvalue weighted by atomic mass is 10.1. The molecule has 1 aromatic heterocycles. The molecule has 23 heavy (non-hydrogen) atoms. The number of aryl methyl sites for hydroxylation is 2. The molecule has 0 saturated carbocycles. The monoisotopic (exact) mass is 307 g/mol. The van der Waals surface area contributed by atoms with Gasteiger partial charge in [-0.2, -0.15) is 0 Å². The fourth-order valence-electron chi connectivity index (χ4n) is 2.43. The van der Waals surface area contributed by atoms with E-state index >= 15 is 0 Å². The van der Waals surface area contributed by atoms with E-state index < -0.39 is 0 Å². The molecule has 118 valence electrons. The number of rotatable bonds is 5. The average Bonchev–Trinajstić information content (AvgIpc) is 2.97. The minimum Gasteiger partial charge on any atom is -0.342 e. The number of anilines is 1. The zero-order valence-corrected chi connectivity index (χ0v) is 13.5. The Hall–Kier alpha value is -2.62. The van der Waals surface area contributed by atoms with Crippen molar-refractivity contribution < 1.29 is 4.79 Å². The lowest BCUT2D eigenvalue weighted by molar-refractivity contribution is -0.118. The number of hydrogen-bond donors (Lipinski definition) is 2. The lowest BCUT2D eigenvalue weighted by Crippen LogP contribution is -2.17. The topological polar surface area (TPSA) is 57.8 Å². The molecule has 0 aliphatic heterocycles. The summed E-state index contributed by atoms with van der Waals surface area (Å²) in [4.78, 5) is 19.6. The van der Waals surface area contributed by atoms with E-state index in [1.807, 2.05) is 50.2 Å². The van der Waals surface area contributed by atoms with Crippen molar-refractivity contribution >= 4 is 22.6 Å². The second kappa shape index (κ2) is 6.65. The molecule has 2 aromatic carbocycles. The first-order valence-corrected chi connectivity index (χ1v) is 7.95. The summed E-state index contributed by atoms with van der Waals surface area (Å²) in [5.74, 6) is 1.03. The molecule has 1 amide bonds. The Labute approximate surface area is 136 Å². The maximum atomic E-state index is 11.7. The first-order valence-electron chi connectivity index (χ1n) is 7.95. The number of aromatic nitrogens is 2. The van der Waals surface area contributed by atoms with Gasteiger partial charge < -0.3 is 10.3 Å². The molecule has 0 atom stereocenters. The van der Waals surface area contributed by atoms with E-state index in [0.29, 0.717) is 0 Å². The van der Waals surface area contributed by atoms with Crippen molar-refractivity contribution in [1.82, 2.24) is 9.97 Å². The largest absolute Gasteiger partial charge is 0.342 e. The zero-order valence-electron chi connectivity index (χ0n) is 13.5. The summed E-state index contributed by atoms with van der Waals surface area (Å²) in [6.07, 6.45) is 1.78. The van der Waals surface area contributed by atoms with Gasteiger partial charge in [0.05, 0.1) is 11.0 Å². The van der Waals surface area contributed by atoms with E-state index in [-0.39, 0.29) is 11.8 Å². The molecule has 0 aliphatic carbocycles. The minimum absolute atomic E-state index is 0.0113. The van der Waals surface area contributed by atoms with Gasteiger partial charge in [0.2, 0.25) is 5.91 Å². The summed E-state index contributed by atoms with van der Waals surface area (Å²) in [6.45, 7) is 3.77. The minimum atomic E-state index is -0.0113. The fourth-order valence-corrected chi connectivity index (χ4v) is 2.43. The van der Waals surface area contributed by atoms with Crippen LogP contribution in [0.1, 0.15) is 25.2 Å². The highest BCUT2D eigenvalue weighted by molar-refractivity contribution is 5.92. The number of carbonyl (C=O) groups is 1. The van der Waals surface area contributed by atoms with Crippen molar-refractivity contribution in [2.24, 2.45) is 5.92 Å². The molecular formula is C19H21N3O. The predicted octanol–water partition coefficient (Wildman–Crippen LogP) is 3.94. The molecule has 0 saturated heterocycles. The van der Waals surface area contributed by atoms with Crippen LogP contribution in [0.25, 0.3) is 11.0 Å². The number of nitrogens with zero attached hydrogens (tertiary/aromatic N) is 1. The average molecular weight is 307 g/mol. The molecule has 0 unspecified atom stereocenters. The van der Waals surface area contributed by atoms with Gasteiger partial charge in [0, 0.05) is 18.0 Å². The summed E-state index contributed by atoms with van der Waals surface area (Å²) >= 11 is 0. The van der Waals surface area contributed by atoms with E-state index in [0.717, 1.165) is 35.4 Å². The van der Waals surface area contributed by atoms with Crippen LogP contribution in [0.4, 0.5) is 5.69 Å². The summed E-state index contributed by atoms with van der Waals surface area (Å²) < 4.78 is 0. The lowest BCUT2D eigenvalue weighted by Gasteiger charge is -2.08. The number of H-pyrrole nitrogens is 1. The first-order chi connectivity index (χ1) is 11.1. The molecule has 3 aromatic rings. The fraction of sp³-hybridized carbons (Fsp3) is 0.263. The van der Waals surface area contributed by atoms with Crippen LogP contribution in [0, 0.1) is 5.92 Å². The molecule has 0 aliphatic rings. The predicted molar refractivity (Wildman–Crippen MR) is 93.4 cm³/mol. The van der Waals surface area contributed by atoms with Gasteiger partial charge in [-0.15, -0.1) is 0 Å². The van der Waals surface area contributed by atoms with Crippen molar-refractivity contribution in [3.63, 3.8) is 0 Å². The number of carbonyl (C=O) groups excluding carboxylic acids is 1. The number of imidazole rings is 1. The van der Waals surface area contributed by atoms with E-state index in [9.17, 15) is 4.79 Å². The Morgan fingerprint density at radius 3 is 2.52 bits per heavy atom. The van der Waals surface area contributed by atoms with Gasteiger partial charge in [-0.05, 0) is 36.2 Å². The zero-order chi connectivity index (χ0) is 16.2.